The Hall–Kier alpha value is -2.60. The number of aliphatic hydroxyl groups is 1. The fraction of sp³-hybridized carbons (Fsp3) is 0.400. The van der Waals surface area contributed by atoms with Crippen molar-refractivity contribution in [2.24, 2.45) is 7.05 Å². The van der Waals surface area contributed by atoms with E-state index in [4.69, 9.17) is 4.74 Å². The molecule has 1 amide bonds. The van der Waals surface area contributed by atoms with Gasteiger partial charge in [0.1, 0.15) is 18.0 Å². The number of ether oxygens (including phenoxy) is 1. The van der Waals surface area contributed by atoms with Crippen LogP contribution in [-0.2, 0) is 11.8 Å². The van der Waals surface area contributed by atoms with E-state index in [0.29, 0.717) is 0 Å². The number of amides is 1. The fourth-order valence-electron chi connectivity index (χ4n) is 3.32. The largest absolute Gasteiger partial charge is 0.488 e. The van der Waals surface area contributed by atoms with Crippen LogP contribution in [0.2, 0.25) is 0 Å². The zero-order valence-corrected chi connectivity index (χ0v) is 15.2. The number of hydrogen-bond acceptors (Lipinski definition) is 4. The van der Waals surface area contributed by atoms with Gasteiger partial charge in [0.05, 0.1) is 12.2 Å². The molecule has 26 heavy (non-hydrogen) atoms. The number of aliphatic hydroxyl groups excluding tert-OH is 1. The maximum atomic E-state index is 12.5. The summed E-state index contributed by atoms with van der Waals surface area (Å²) in [6, 6.07) is 9.22. The van der Waals surface area contributed by atoms with Crippen molar-refractivity contribution in [3.8, 4) is 5.75 Å². The third kappa shape index (κ3) is 4.32. The normalized spacial score (nSPS) is 23.1. The van der Waals surface area contributed by atoms with Gasteiger partial charge < -0.3 is 14.7 Å². The van der Waals surface area contributed by atoms with E-state index < -0.39 is 6.10 Å². The summed E-state index contributed by atoms with van der Waals surface area (Å²) < 4.78 is 7.63. The molecule has 138 valence electrons. The number of carbonyl (C=O) groups is 1. The molecule has 0 aliphatic heterocycles. The first-order chi connectivity index (χ1) is 12.5. The summed E-state index contributed by atoms with van der Waals surface area (Å²) in [5.74, 6) is 0.598. The number of likely N-dealkylation sites (N-methyl/N-ethyl adjacent to an activating group) is 1. The highest BCUT2D eigenvalue weighted by Crippen LogP contribution is 2.27. The summed E-state index contributed by atoms with van der Waals surface area (Å²) in [5.41, 5.74) is 0.865. The van der Waals surface area contributed by atoms with Crippen molar-refractivity contribution >= 4 is 12.0 Å². The smallest absolute Gasteiger partial charge is 0.246 e. The maximum Gasteiger partial charge on any atom is 0.246 e. The number of rotatable bonds is 5. The molecule has 1 heterocycles. The standard InChI is InChI=1S/C20H25N3O3/c1-22-14-15(13-21-22)11-12-19(24)23(2)17-9-6-10-18(20(17)25)26-16-7-4-3-5-8-16/h3-5,7-8,11-14,17-18,20,25H,6,9-10H2,1-2H3/b12-11+/t17-,18-,20-/m1/s1. The van der Waals surface area contributed by atoms with E-state index in [9.17, 15) is 9.90 Å². The van der Waals surface area contributed by atoms with Gasteiger partial charge >= 0.3 is 0 Å². The van der Waals surface area contributed by atoms with Crippen LogP contribution in [0, 0.1) is 0 Å². The second kappa shape index (κ2) is 8.19. The van der Waals surface area contributed by atoms with Gasteiger partial charge in [-0.1, -0.05) is 18.2 Å². The minimum Gasteiger partial charge on any atom is -0.488 e. The molecule has 1 N–H and O–H groups in total. The highest BCUT2D eigenvalue weighted by molar-refractivity contribution is 5.91. The van der Waals surface area contributed by atoms with Crippen molar-refractivity contribution in [3.05, 3.63) is 54.4 Å². The summed E-state index contributed by atoms with van der Waals surface area (Å²) in [5, 5.41) is 14.8. The Morgan fingerprint density at radius 3 is 2.81 bits per heavy atom. The van der Waals surface area contributed by atoms with Gasteiger partial charge in [0, 0.05) is 31.9 Å². The van der Waals surface area contributed by atoms with Crippen molar-refractivity contribution in [1.29, 1.82) is 0 Å². The van der Waals surface area contributed by atoms with Crippen molar-refractivity contribution in [2.75, 3.05) is 7.05 Å². The van der Waals surface area contributed by atoms with Gasteiger partial charge in [0.25, 0.3) is 0 Å². The number of carbonyl (C=O) groups excluding carboxylic acids is 1. The molecule has 0 unspecified atom stereocenters. The number of hydrogen-bond donors (Lipinski definition) is 1. The van der Waals surface area contributed by atoms with Gasteiger partial charge in [-0.15, -0.1) is 0 Å². The predicted octanol–water partition coefficient (Wildman–Crippen LogP) is 2.25. The van der Waals surface area contributed by atoms with Gasteiger partial charge in [-0.25, -0.2) is 0 Å². The molecule has 3 atom stereocenters. The van der Waals surface area contributed by atoms with Gasteiger partial charge in [-0.3, -0.25) is 9.48 Å². The van der Waals surface area contributed by atoms with Crippen LogP contribution in [0.5, 0.6) is 5.75 Å². The summed E-state index contributed by atoms with van der Waals surface area (Å²) in [4.78, 5) is 14.1. The first kappa shape index (κ1) is 18.2. The van der Waals surface area contributed by atoms with Crippen molar-refractivity contribution in [1.82, 2.24) is 14.7 Å². The van der Waals surface area contributed by atoms with E-state index in [0.717, 1.165) is 30.6 Å². The summed E-state index contributed by atoms with van der Waals surface area (Å²) in [6.45, 7) is 0. The predicted molar refractivity (Wildman–Crippen MR) is 99.5 cm³/mol. The molecular formula is C20H25N3O3. The molecule has 1 saturated carbocycles. The quantitative estimate of drug-likeness (QED) is 0.836. The lowest BCUT2D eigenvalue weighted by molar-refractivity contribution is -0.132. The Morgan fingerprint density at radius 2 is 2.12 bits per heavy atom. The summed E-state index contributed by atoms with van der Waals surface area (Å²) in [6.07, 6.45) is 8.21. The van der Waals surface area contributed by atoms with Gasteiger partial charge in [-0.2, -0.15) is 5.10 Å². The molecule has 6 heteroatoms. The lowest BCUT2D eigenvalue weighted by Gasteiger charge is -2.39. The SMILES string of the molecule is CN(C(=O)/C=C/c1cnn(C)c1)[C@@H]1CCC[C@@H](Oc2ccccc2)[C@@H]1O. The van der Waals surface area contributed by atoms with Crippen LogP contribution < -0.4 is 4.74 Å². The van der Waals surface area contributed by atoms with Crippen molar-refractivity contribution in [3.63, 3.8) is 0 Å². The highest BCUT2D eigenvalue weighted by Gasteiger charge is 2.36. The van der Waals surface area contributed by atoms with Gasteiger partial charge in [0.2, 0.25) is 5.91 Å². The van der Waals surface area contributed by atoms with E-state index in [1.165, 1.54) is 6.08 Å². The number of nitrogens with zero attached hydrogens (tertiary/aromatic N) is 3. The highest BCUT2D eigenvalue weighted by atomic mass is 16.5. The van der Waals surface area contributed by atoms with E-state index in [1.54, 1.807) is 28.9 Å². The first-order valence-corrected chi connectivity index (χ1v) is 8.88. The minimum absolute atomic E-state index is 0.140. The average molecular weight is 355 g/mol. The van der Waals surface area contributed by atoms with Crippen LogP contribution in [0.15, 0.2) is 48.8 Å². The molecule has 0 bridgehead atoms. The molecule has 0 radical (unpaired) electrons. The third-order valence-corrected chi connectivity index (χ3v) is 4.78. The Morgan fingerprint density at radius 1 is 1.35 bits per heavy atom. The van der Waals surface area contributed by atoms with Crippen molar-refractivity contribution in [2.45, 2.75) is 37.5 Å². The second-order valence-electron chi connectivity index (χ2n) is 6.69. The maximum absolute atomic E-state index is 12.5. The summed E-state index contributed by atoms with van der Waals surface area (Å²) >= 11 is 0. The van der Waals surface area contributed by atoms with E-state index in [-0.39, 0.29) is 18.1 Å². The third-order valence-electron chi connectivity index (χ3n) is 4.78. The van der Waals surface area contributed by atoms with Crippen molar-refractivity contribution < 1.29 is 14.6 Å². The number of para-hydroxylation sites is 1. The molecule has 0 saturated heterocycles. The Bertz CT molecular complexity index is 757. The van der Waals surface area contributed by atoms with E-state index in [2.05, 4.69) is 5.10 Å². The molecule has 2 aromatic rings. The molecule has 1 aromatic carbocycles. The zero-order chi connectivity index (χ0) is 18.5. The van der Waals surface area contributed by atoms with Crippen LogP contribution in [0.1, 0.15) is 24.8 Å². The fourth-order valence-corrected chi connectivity index (χ4v) is 3.32. The van der Waals surface area contributed by atoms with Crippen LogP contribution in [0.25, 0.3) is 6.08 Å². The van der Waals surface area contributed by atoms with Crippen LogP contribution in [0.4, 0.5) is 0 Å². The summed E-state index contributed by atoms with van der Waals surface area (Å²) in [7, 11) is 3.56. The lowest BCUT2D eigenvalue weighted by atomic mass is 9.89. The number of aromatic nitrogens is 2. The van der Waals surface area contributed by atoms with Crippen LogP contribution >= 0.6 is 0 Å². The molecule has 0 spiro atoms. The topological polar surface area (TPSA) is 67.6 Å². The van der Waals surface area contributed by atoms with Crippen LogP contribution in [-0.4, -0.2) is 51.0 Å². The number of aryl methyl sites for hydroxylation is 1. The zero-order valence-electron chi connectivity index (χ0n) is 15.2. The van der Waals surface area contributed by atoms with Crippen LogP contribution in [0.3, 0.4) is 0 Å². The van der Waals surface area contributed by atoms with E-state index in [1.807, 2.05) is 43.6 Å². The molecule has 3 rings (SSSR count). The Balaban J connectivity index is 1.63. The Kier molecular flexibility index (Phi) is 5.73. The molecular weight excluding hydrogens is 330 g/mol. The van der Waals surface area contributed by atoms with Gasteiger partial charge in [-0.05, 0) is 37.5 Å². The Labute approximate surface area is 153 Å². The first-order valence-electron chi connectivity index (χ1n) is 8.88. The molecule has 1 aromatic heterocycles. The molecule has 6 nitrogen and oxygen atoms in total. The lowest BCUT2D eigenvalue weighted by Crippen LogP contribution is -2.53. The second-order valence-corrected chi connectivity index (χ2v) is 6.69. The molecule has 1 aliphatic carbocycles. The van der Waals surface area contributed by atoms with E-state index >= 15 is 0 Å². The molecule has 1 aliphatic rings. The number of benzene rings is 1. The molecule has 1 fully saturated rings. The van der Waals surface area contributed by atoms with Gasteiger partial charge in [0.15, 0.2) is 0 Å². The minimum atomic E-state index is -0.718. The monoisotopic (exact) mass is 355 g/mol. The average Bonchev–Trinajstić information content (AvgIpc) is 3.07.